The van der Waals surface area contributed by atoms with Gasteiger partial charge in [0.15, 0.2) is 0 Å². The summed E-state index contributed by atoms with van der Waals surface area (Å²) in [5.41, 5.74) is 3.19. The van der Waals surface area contributed by atoms with Crippen LogP contribution < -0.4 is 5.32 Å². The number of likely N-dealkylation sites (N-methyl/N-ethyl adjacent to an activating group) is 1. The average molecular weight is 387 g/mol. The van der Waals surface area contributed by atoms with Gasteiger partial charge in [-0.25, -0.2) is 9.59 Å². The van der Waals surface area contributed by atoms with E-state index in [-0.39, 0.29) is 18.6 Å². The number of rotatable bonds is 6. The number of ether oxygens (including phenoxy) is 2. The molecule has 7 nitrogen and oxygen atoms in total. The van der Waals surface area contributed by atoms with Crippen molar-refractivity contribution in [1.82, 2.24) is 15.1 Å². The summed E-state index contributed by atoms with van der Waals surface area (Å²) in [5.74, 6) is -0.379. The number of benzene rings is 1. The van der Waals surface area contributed by atoms with E-state index in [1.165, 1.54) is 0 Å². The Morgan fingerprint density at radius 1 is 1.29 bits per heavy atom. The molecule has 1 aromatic rings. The van der Waals surface area contributed by atoms with E-state index in [1.807, 2.05) is 38.1 Å². The number of nitrogens with zero attached hydrogens (tertiary/aromatic N) is 2. The van der Waals surface area contributed by atoms with Crippen molar-refractivity contribution in [3.05, 3.63) is 46.7 Å². The molecule has 0 bridgehead atoms. The van der Waals surface area contributed by atoms with Crippen LogP contribution in [-0.2, 0) is 14.3 Å². The first-order valence-electron chi connectivity index (χ1n) is 9.90. The summed E-state index contributed by atoms with van der Waals surface area (Å²) in [4.78, 5) is 29.7. The number of hydrogen-bond donors (Lipinski definition) is 1. The zero-order chi connectivity index (χ0) is 20.1. The highest BCUT2D eigenvalue weighted by molar-refractivity contribution is 5.95. The largest absolute Gasteiger partial charge is 0.463 e. The maximum Gasteiger partial charge on any atom is 0.338 e. The van der Waals surface area contributed by atoms with Crippen molar-refractivity contribution in [2.45, 2.75) is 26.8 Å². The second kappa shape index (κ2) is 9.21. The lowest BCUT2D eigenvalue weighted by Gasteiger charge is -2.38. The summed E-state index contributed by atoms with van der Waals surface area (Å²) in [7, 11) is 0. The number of aryl methyl sites for hydroxylation is 1. The van der Waals surface area contributed by atoms with Crippen LogP contribution in [0.4, 0.5) is 4.79 Å². The van der Waals surface area contributed by atoms with Gasteiger partial charge in [0.05, 0.1) is 31.4 Å². The van der Waals surface area contributed by atoms with E-state index in [4.69, 9.17) is 9.47 Å². The molecule has 1 N–H and O–H groups in total. The minimum Gasteiger partial charge on any atom is -0.463 e. The quantitative estimate of drug-likeness (QED) is 0.758. The zero-order valence-corrected chi connectivity index (χ0v) is 16.9. The van der Waals surface area contributed by atoms with Gasteiger partial charge in [-0.1, -0.05) is 29.8 Å². The van der Waals surface area contributed by atoms with Crippen LogP contribution in [0.25, 0.3) is 0 Å². The van der Waals surface area contributed by atoms with E-state index in [0.717, 1.165) is 29.9 Å². The summed E-state index contributed by atoms with van der Waals surface area (Å²) in [6, 6.07) is 7.15. The molecule has 0 aromatic heterocycles. The molecule has 7 heteroatoms. The van der Waals surface area contributed by atoms with E-state index in [2.05, 4.69) is 10.2 Å². The Balaban J connectivity index is 2.08. The minimum absolute atomic E-state index is 0.190. The topological polar surface area (TPSA) is 71.1 Å². The Morgan fingerprint density at radius 2 is 2.04 bits per heavy atom. The van der Waals surface area contributed by atoms with Crippen molar-refractivity contribution < 1.29 is 19.1 Å². The van der Waals surface area contributed by atoms with Crippen molar-refractivity contribution in [3.8, 4) is 0 Å². The zero-order valence-electron chi connectivity index (χ0n) is 16.9. The molecular formula is C21H29N3O4. The van der Waals surface area contributed by atoms with Crippen LogP contribution in [0.3, 0.4) is 0 Å². The van der Waals surface area contributed by atoms with Gasteiger partial charge in [0.25, 0.3) is 0 Å². The number of hydrogen-bond acceptors (Lipinski definition) is 5. The molecular weight excluding hydrogens is 358 g/mol. The highest BCUT2D eigenvalue weighted by Crippen LogP contribution is 2.32. The molecule has 2 aliphatic rings. The molecule has 2 aliphatic heterocycles. The lowest BCUT2D eigenvalue weighted by molar-refractivity contribution is -0.139. The predicted octanol–water partition coefficient (Wildman–Crippen LogP) is 2.23. The summed E-state index contributed by atoms with van der Waals surface area (Å²) >= 11 is 0. The molecule has 0 spiro atoms. The molecule has 1 fully saturated rings. The fourth-order valence-corrected chi connectivity index (χ4v) is 3.73. The van der Waals surface area contributed by atoms with Gasteiger partial charge in [-0.3, -0.25) is 9.80 Å². The highest BCUT2D eigenvalue weighted by Gasteiger charge is 2.38. The minimum atomic E-state index is -0.523. The van der Waals surface area contributed by atoms with Gasteiger partial charge in [0, 0.05) is 31.9 Å². The fraction of sp³-hybridized carbons (Fsp3) is 0.524. The average Bonchev–Trinajstić information content (AvgIpc) is 2.68. The van der Waals surface area contributed by atoms with E-state index in [0.29, 0.717) is 31.9 Å². The van der Waals surface area contributed by atoms with Crippen LogP contribution in [0.1, 0.15) is 31.0 Å². The molecule has 152 valence electrons. The molecule has 1 atom stereocenters. The van der Waals surface area contributed by atoms with E-state index >= 15 is 0 Å². The van der Waals surface area contributed by atoms with Crippen LogP contribution in [0.2, 0.25) is 0 Å². The van der Waals surface area contributed by atoms with Gasteiger partial charge in [-0.15, -0.1) is 0 Å². The number of amides is 2. The van der Waals surface area contributed by atoms with E-state index in [9.17, 15) is 9.59 Å². The maximum absolute atomic E-state index is 13.0. The maximum atomic E-state index is 13.0. The first kappa shape index (κ1) is 20.4. The number of morpholine rings is 1. The second-order valence-corrected chi connectivity index (χ2v) is 7.01. The molecule has 2 heterocycles. The van der Waals surface area contributed by atoms with Gasteiger partial charge in [-0.05, 0) is 26.3 Å². The number of carbonyl (C=O) groups is 2. The SMILES string of the molecule is CCOC(=O)C1=C(CN2CCOCC2)N(CC)C(=O)N[C@H]1c1cccc(C)c1. The van der Waals surface area contributed by atoms with Crippen molar-refractivity contribution in [3.63, 3.8) is 0 Å². The Bertz CT molecular complexity index is 756. The lowest BCUT2D eigenvalue weighted by Crippen LogP contribution is -2.51. The molecule has 28 heavy (non-hydrogen) atoms. The Morgan fingerprint density at radius 3 is 2.68 bits per heavy atom. The fourth-order valence-electron chi connectivity index (χ4n) is 3.73. The van der Waals surface area contributed by atoms with Crippen LogP contribution >= 0.6 is 0 Å². The smallest absolute Gasteiger partial charge is 0.338 e. The number of nitrogens with one attached hydrogen (secondary N) is 1. The highest BCUT2D eigenvalue weighted by atomic mass is 16.5. The van der Waals surface area contributed by atoms with Crippen molar-refractivity contribution >= 4 is 12.0 Å². The predicted molar refractivity (Wildman–Crippen MR) is 106 cm³/mol. The number of urea groups is 1. The molecule has 0 unspecified atom stereocenters. The third kappa shape index (κ3) is 4.36. The van der Waals surface area contributed by atoms with Crippen molar-refractivity contribution in [2.75, 3.05) is 46.0 Å². The third-order valence-electron chi connectivity index (χ3n) is 5.10. The number of carbonyl (C=O) groups excluding carboxylic acids is 2. The molecule has 3 rings (SSSR count). The van der Waals surface area contributed by atoms with Crippen molar-refractivity contribution in [1.29, 1.82) is 0 Å². The van der Waals surface area contributed by atoms with Gasteiger partial charge in [0.1, 0.15) is 0 Å². The van der Waals surface area contributed by atoms with Crippen LogP contribution in [-0.4, -0.2) is 67.8 Å². The Kier molecular flexibility index (Phi) is 6.70. The second-order valence-electron chi connectivity index (χ2n) is 7.01. The molecule has 2 amide bonds. The van der Waals surface area contributed by atoms with Gasteiger partial charge in [-0.2, -0.15) is 0 Å². The van der Waals surface area contributed by atoms with E-state index in [1.54, 1.807) is 11.8 Å². The van der Waals surface area contributed by atoms with Gasteiger partial charge < -0.3 is 14.8 Å². The lowest BCUT2D eigenvalue weighted by atomic mass is 9.93. The first-order valence-corrected chi connectivity index (χ1v) is 9.90. The first-order chi connectivity index (χ1) is 13.5. The van der Waals surface area contributed by atoms with Crippen LogP contribution in [0.5, 0.6) is 0 Å². The molecule has 0 saturated carbocycles. The summed E-state index contributed by atoms with van der Waals surface area (Å²) in [6.45, 7) is 9.83. The molecule has 0 radical (unpaired) electrons. The summed E-state index contributed by atoms with van der Waals surface area (Å²) in [5, 5.41) is 3.00. The normalized spacial score (nSPS) is 20.9. The van der Waals surface area contributed by atoms with Crippen LogP contribution in [0, 0.1) is 6.92 Å². The monoisotopic (exact) mass is 387 g/mol. The van der Waals surface area contributed by atoms with E-state index < -0.39 is 6.04 Å². The van der Waals surface area contributed by atoms with Crippen LogP contribution in [0.15, 0.2) is 35.5 Å². The van der Waals surface area contributed by atoms with Gasteiger partial charge >= 0.3 is 12.0 Å². The van der Waals surface area contributed by atoms with Crippen molar-refractivity contribution in [2.24, 2.45) is 0 Å². The Hall–Kier alpha value is -2.38. The third-order valence-corrected chi connectivity index (χ3v) is 5.10. The molecule has 1 saturated heterocycles. The Labute approximate surface area is 166 Å². The molecule has 1 aromatic carbocycles. The summed E-state index contributed by atoms with van der Waals surface area (Å²) in [6.07, 6.45) is 0. The number of esters is 1. The molecule has 0 aliphatic carbocycles. The standard InChI is InChI=1S/C21H29N3O4/c1-4-24-17(14-23-9-11-27-12-10-23)18(20(25)28-5-2)19(22-21(24)26)16-8-6-7-15(3)13-16/h6-8,13,19H,4-5,9-12,14H2,1-3H3,(H,22,26)/t19-/m0/s1. The summed E-state index contributed by atoms with van der Waals surface area (Å²) < 4.78 is 10.8. The van der Waals surface area contributed by atoms with Gasteiger partial charge in [0.2, 0.25) is 0 Å².